The Bertz CT molecular complexity index is 862. The normalized spacial score (nSPS) is 10.9. The Hall–Kier alpha value is -3.03. The Balaban J connectivity index is 1.69. The molecule has 0 bridgehead atoms. The first kappa shape index (κ1) is 18.8. The standard InChI is InChI=1S/C20H21N3O4/c1-26-20(25)17-9-7-16(8-10-17)19-21-18(27-22-19)14-23(11-12-24)13-15-5-3-2-4-6-15/h2-10,24H,11-14H2,1H3. The summed E-state index contributed by atoms with van der Waals surface area (Å²) in [6.45, 7) is 1.65. The minimum atomic E-state index is -0.393. The van der Waals surface area contributed by atoms with Crippen LogP contribution in [0.25, 0.3) is 11.4 Å². The molecule has 0 aliphatic heterocycles. The fourth-order valence-corrected chi connectivity index (χ4v) is 2.70. The molecule has 1 aromatic heterocycles. The molecule has 1 N–H and O–H groups in total. The SMILES string of the molecule is COC(=O)c1ccc(-c2noc(CN(CCO)Cc3ccccc3)n2)cc1. The minimum absolute atomic E-state index is 0.0445. The van der Waals surface area contributed by atoms with Crippen LogP contribution in [0.2, 0.25) is 0 Å². The Labute approximate surface area is 157 Å². The van der Waals surface area contributed by atoms with E-state index in [2.05, 4.69) is 14.9 Å². The average Bonchev–Trinajstić information content (AvgIpc) is 3.17. The van der Waals surface area contributed by atoms with Crippen molar-refractivity contribution in [2.75, 3.05) is 20.3 Å². The lowest BCUT2D eigenvalue weighted by Gasteiger charge is -2.19. The molecule has 7 nitrogen and oxygen atoms in total. The lowest BCUT2D eigenvalue weighted by atomic mass is 10.1. The highest BCUT2D eigenvalue weighted by Gasteiger charge is 2.14. The summed E-state index contributed by atoms with van der Waals surface area (Å²) in [6.07, 6.45) is 0. The van der Waals surface area contributed by atoms with Crippen LogP contribution in [0.5, 0.6) is 0 Å². The molecule has 0 saturated heterocycles. The number of esters is 1. The van der Waals surface area contributed by atoms with Crippen LogP contribution >= 0.6 is 0 Å². The number of aliphatic hydroxyl groups excluding tert-OH is 1. The summed E-state index contributed by atoms with van der Waals surface area (Å²) in [5, 5.41) is 13.3. The van der Waals surface area contributed by atoms with E-state index in [-0.39, 0.29) is 6.61 Å². The van der Waals surface area contributed by atoms with Crippen molar-refractivity contribution in [2.45, 2.75) is 13.1 Å². The number of carbonyl (C=O) groups is 1. The van der Waals surface area contributed by atoms with Crippen molar-refractivity contribution in [1.82, 2.24) is 15.0 Å². The van der Waals surface area contributed by atoms with Crippen LogP contribution in [0.3, 0.4) is 0 Å². The molecule has 0 aliphatic rings. The average molecular weight is 367 g/mol. The molecule has 0 atom stereocenters. The van der Waals surface area contributed by atoms with Gasteiger partial charge >= 0.3 is 5.97 Å². The number of carbonyl (C=O) groups excluding carboxylic acids is 1. The zero-order chi connectivity index (χ0) is 19.1. The van der Waals surface area contributed by atoms with Gasteiger partial charge in [-0.2, -0.15) is 4.98 Å². The van der Waals surface area contributed by atoms with E-state index >= 15 is 0 Å². The van der Waals surface area contributed by atoms with Gasteiger partial charge in [-0.3, -0.25) is 4.90 Å². The van der Waals surface area contributed by atoms with Gasteiger partial charge in [0.15, 0.2) is 0 Å². The van der Waals surface area contributed by atoms with Gasteiger partial charge in [0.05, 0.1) is 25.8 Å². The maximum Gasteiger partial charge on any atom is 0.337 e. The van der Waals surface area contributed by atoms with Crippen LogP contribution in [-0.4, -0.2) is 46.4 Å². The van der Waals surface area contributed by atoms with Gasteiger partial charge in [-0.15, -0.1) is 0 Å². The topological polar surface area (TPSA) is 88.7 Å². The first-order valence-corrected chi connectivity index (χ1v) is 8.58. The summed E-state index contributed by atoms with van der Waals surface area (Å²) in [7, 11) is 1.34. The van der Waals surface area contributed by atoms with E-state index in [0.29, 0.717) is 36.9 Å². The fraction of sp³-hybridized carbons (Fsp3) is 0.250. The Morgan fingerprint density at radius 3 is 2.52 bits per heavy atom. The first-order chi connectivity index (χ1) is 13.2. The number of methoxy groups -OCH3 is 1. The third-order valence-corrected chi connectivity index (χ3v) is 4.06. The number of aliphatic hydroxyl groups is 1. The van der Waals surface area contributed by atoms with Crippen LogP contribution in [0.4, 0.5) is 0 Å². The summed E-state index contributed by atoms with van der Waals surface area (Å²) >= 11 is 0. The molecule has 0 unspecified atom stereocenters. The van der Waals surface area contributed by atoms with E-state index in [9.17, 15) is 9.90 Å². The van der Waals surface area contributed by atoms with Crippen LogP contribution in [-0.2, 0) is 17.8 Å². The molecule has 140 valence electrons. The number of hydrogen-bond donors (Lipinski definition) is 1. The van der Waals surface area contributed by atoms with Crippen molar-refractivity contribution in [3.05, 3.63) is 71.6 Å². The van der Waals surface area contributed by atoms with E-state index in [4.69, 9.17) is 4.52 Å². The molecule has 0 radical (unpaired) electrons. The molecule has 7 heteroatoms. The third kappa shape index (κ3) is 4.99. The molecule has 0 spiro atoms. The highest BCUT2D eigenvalue weighted by molar-refractivity contribution is 5.89. The fourth-order valence-electron chi connectivity index (χ4n) is 2.70. The number of nitrogens with zero attached hydrogens (tertiary/aromatic N) is 3. The molecule has 1 heterocycles. The summed E-state index contributed by atoms with van der Waals surface area (Å²) in [5.41, 5.74) is 2.35. The number of hydrogen-bond acceptors (Lipinski definition) is 7. The Morgan fingerprint density at radius 2 is 1.85 bits per heavy atom. The highest BCUT2D eigenvalue weighted by Crippen LogP contribution is 2.18. The van der Waals surface area contributed by atoms with Crippen LogP contribution < -0.4 is 0 Å². The van der Waals surface area contributed by atoms with Crippen molar-refractivity contribution >= 4 is 5.97 Å². The smallest absolute Gasteiger partial charge is 0.337 e. The van der Waals surface area contributed by atoms with E-state index in [1.54, 1.807) is 24.3 Å². The maximum atomic E-state index is 11.5. The number of ether oxygens (including phenoxy) is 1. The molecule has 3 rings (SSSR count). The molecular formula is C20H21N3O4. The molecule has 0 aliphatic carbocycles. The number of rotatable bonds is 8. The van der Waals surface area contributed by atoms with Gasteiger partial charge in [0, 0.05) is 18.7 Å². The van der Waals surface area contributed by atoms with Crippen LogP contribution in [0.15, 0.2) is 59.1 Å². The van der Waals surface area contributed by atoms with Crippen molar-refractivity contribution in [1.29, 1.82) is 0 Å². The largest absolute Gasteiger partial charge is 0.465 e. The van der Waals surface area contributed by atoms with Gasteiger partial charge in [0.1, 0.15) is 0 Å². The molecule has 3 aromatic rings. The van der Waals surface area contributed by atoms with Crippen molar-refractivity contribution in [3.63, 3.8) is 0 Å². The second-order valence-corrected chi connectivity index (χ2v) is 6.00. The first-order valence-electron chi connectivity index (χ1n) is 8.58. The lowest BCUT2D eigenvalue weighted by molar-refractivity contribution is 0.0600. The van der Waals surface area contributed by atoms with Gasteiger partial charge < -0.3 is 14.4 Å². The molecule has 0 fully saturated rings. The summed E-state index contributed by atoms with van der Waals surface area (Å²) in [5.74, 6) is 0.521. The van der Waals surface area contributed by atoms with E-state index in [0.717, 1.165) is 11.1 Å². The summed E-state index contributed by atoms with van der Waals surface area (Å²) < 4.78 is 10.0. The predicted molar refractivity (Wildman–Crippen MR) is 98.7 cm³/mol. The van der Waals surface area contributed by atoms with E-state index in [1.807, 2.05) is 35.2 Å². The Kier molecular flexibility index (Phi) is 6.30. The lowest BCUT2D eigenvalue weighted by Crippen LogP contribution is -2.26. The zero-order valence-electron chi connectivity index (χ0n) is 15.0. The van der Waals surface area contributed by atoms with Crippen molar-refractivity contribution < 1.29 is 19.2 Å². The Morgan fingerprint density at radius 1 is 1.11 bits per heavy atom. The van der Waals surface area contributed by atoms with Crippen molar-refractivity contribution in [3.8, 4) is 11.4 Å². The summed E-state index contributed by atoms with van der Waals surface area (Å²) in [4.78, 5) is 18.0. The van der Waals surface area contributed by atoms with E-state index < -0.39 is 5.97 Å². The molecule has 27 heavy (non-hydrogen) atoms. The molecule has 2 aromatic carbocycles. The van der Waals surface area contributed by atoms with Gasteiger partial charge in [-0.1, -0.05) is 47.6 Å². The van der Waals surface area contributed by atoms with E-state index in [1.165, 1.54) is 7.11 Å². The van der Waals surface area contributed by atoms with Crippen LogP contribution in [0, 0.1) is 0 Å². The third-order valence-electron chi connectivity index (χ3n) is 4.06. The zero-order valence-corrected chi connectivity index (χ0v) is 15.0. The number of aromatic nitrogens is 2. The van der Waals surface area contributed by atoms with Crippen LogP contribution in [0.1, 0.15) is 21.8 Å². The maximum absolute atomic E-state index is 11.5. The predicted octanol–water partition coefficient (Wildman–Crippen LogP) is 2.52. The van der Waals surface area contributed by atoms with Gasteiger partial charge in [-0.05, 0) is 17.7 Å². The van der Waals surface area contributed by atoms with Gasteiger partial charge in [0.25, 0.3) is 0 Å². The van der Waals surface area contributed by atoms with Gasteiger partial charge in [-0.25, -0.2) is 4.79 Å². The minimum Gasteiger partial charge on any atom is -0.465 e. The molecule has 0 saturated carbocycles. The second-order valence-electron chi connectivity index (χ2n) is 6.00. The monoisotopic (exact) mass is 367 g/mol. The highest BCUT2D eigenvalue weighted by atomic mass is 16.5. The molecule has 0 amide bonds. The van der Waals surface area contributed by atoms with Gasteiger partial charge in [0.2, 0.25) is 11.7 Å². The summed E-state index contributed by atoms with van der Waals surface area (Å²) in [6, 6.07) is 16.8. The molecular weight excluding hydrogens is 346 g/mol. The second kappa shape index (κ2) is 9.07. The number of benzene rings is 2. The quantitative estimate of drug-likeness (QED) is 0.612. The van der Waals surface area contributed by atoms with Crippen molar-refractivity contribution in [2.24, 2.45) is 0 Å².